The molecule has 0 bridgehead atoms. The van der Waals surface area contributed by atoms with Crippen LogP contribution in [0.4, 0.5) is 0 Å². The van der Waals surface area contributed by atoms with Crippen molar-refractivity contribution >= 4 is 0 Å². The van der Waals surface area contributed by atoms with Crippen molar-refractivity contribution in [3.05, 3.63) is 11.6 Å². The summed E-state index contributed by atoms with van der Waals surface area (Å²) in [5, 5.41) is 41.7. The van der Waals surface area contributed by atoms with Gasteiger partial charge in [0.15, 0.2) is 0 Å². The quantitative estimate of drug-likeness (QED) is 0.511. The highest BCUT2D eigenvalue weighted by atomic mass is 16.3. The van der Waals surface area contributed by atoms with Gasteiger partial charge in [-0.1, -0.05) is 25.5 Å². The third kappa shape index (κ3) is 2.05. The molecule has 0 radical (unpaired) electrons. The van der Waals surface area contributed by atoms with E-state index in [2.05, 4.69) is 13.0 Å². The fraction of sp³-hybridized carbons (Fsp3) is 0.895. The van der Waals surface area contributed by atoms with Crippen LogP contribution in [0, 0.1) is 28.6 Å². The van der Waals surface area contributed by atoms with E-state index in [4.69, 9.17) is 0 Å². The molecule has 4 heteroatoms. The zero-order chi connectivity index (χ0) is 16.6. The summed E-state index contributed by atoms with van der Waals surface area (Å²) in [6, 6.07) is 0. The topological polar surface area (TPSA) is 80.9 Å². The number of aliphatic hydroxyl groups excluding tert-OH is 4. The largest absolute Gasteiger partial charge is 0.393 e. The summed E-state index contributed by atoms with van der Waals surface area (Å²) in [6.07, 6.45) is 4.80. The van der Waals surface area contributed by atoms with Gasteiger partial charge in [0.1, 0.15) is 0 Å². The van der Waals surface area contributed by atoms with Crippen LogP contribution < -0.4 is 0 Å². The molecular weight excluding hydrogens is 292 g/mol. The zero-order valence-corrected chi connectivity index (χ0v) is 14.2. The summed E-state index contributed by atoms with van der Waals surface area (Å²) in [6.45, 7) is 4.30. The van der Waals surface area contributed by atoms with Gasteiger partial charge < -0.3 is 20.4 Å². The van der Waals surface area contributed by atoms with Gasteiger partial charge in [0.05, 0.1) is 24.4 Å². The van der Waals surface area contributed by atoms with Crippen molar-refractivity contribution in [1.29, 1.82) is 0 Å². The summed E-state index contributed by atoms with van der Waals surface area (Å²) < 4.78 is 0. The fourth-order valence-corrected chi connectivity index (χ4v) is 6.77. The van der Waals surface area contributed by atoms with Gasteiger partial charge in [0, 0.05) is 5.41 Å². The Labute approximate surface area is 138 Å². The molecular formula is C19H30O4. The lowest BCUT2D eigenvalue weighted by Gasteiger charge is -2.59. The van der Waals surface area contributed by atoms with Crippen molar-refractivity contribution in [2.45, 2.75) is 76.8 Å². The van der Waals surface area contributed by atoms with Crippen LogP contribution in [0.1, 0.15) is 52.4 Å². The normalized spacial score (nSPS) is 58.9. The number of rotatable bonds is 0. The van der Waals surface area contributed by atoms with Crippen LogP contribution in [0.5, 0.6) is 0 Å². The van der Waals surface area contributed by atoms with Crippen molar-refractivity contribution < 1.29 is 20.4 Å². The van der Waals surface area contributed by atoms with E-state index in [1.807, 2.05) is 6.92 Å². The van der Waals surface area contributed by atoms with Crippen molar-refractivity contribution in [3.8, 4) is 0 Å². The smallest absolute Gasteiger partial charge is 0.0856 e. The molecule has 9 atom stereocenters. The maximum Gasteiger partial charge on any atom is 0.0856 e. The molecule has 3 saturated carbocycles. The van der Waals surface area contributed by atoms with Crippen molar-refractivity contribution in [2.75, 3.05) is 0 Å². The molecule has 0 heterocycles. The van der Waals surface area contributed by atoms with E-state index in [0.29, 0.717) is 18.8 Å². The average molecular weight is 322 g/mol. The van der Waals surface area contributed by atoms with Crippen LogP contribution in [0.3, 0.4) is 0 Å². The second kappa shape index (κ2) is 5.04. The van der Waals surface area contributed by atoms with Gasteiger partial charge in [-0.2, -0.15) is 0 Å². The summed E-state index contributed by atoms with van der Waals surface area (Å²) in [4.78, 5) is 0. The first-order valence-electron chi connectivity index (χ1n) is 9.19. The van der Waals surface area contributed by atoms with Crippen molar-refractivity contribution in [2.24, 2.45) is 28.6 Å². The molecule has 4 N–H and O–H groups in total. The first kappa shape index (κ1) is 16.1. The zero-order valence-electron chi connectivity index (χ0n) is 14.2. The fourth-order valence-electron chi connectivity index (χ4n) is 6.77. The Balaban J connectivity index is 1.73. The van der Waals surface area contributed by atoms with Gasteiger partial charge in [-0.25, -0.2) is 0 Å². The molecule has 3 unspecified atom stereocenters. The van der Waals surface area contributed by atoms with Gasteiger partial charge in [0.25, 0.3) is 0 Å². The van der Waals surface area contributed by atoms with Gasteiger partial charge in [-0.15, -0.1) is 0 Å². The lowest BCUT2D eigenvalue weighted by atomic mass is 9.47. The Morgan fingerprint density at radius 3 is 2.57 bits per heavy atom. The predicted molar refractivity (Wildman–Crippen MR) is 86.5 cm³/mol. The van der Waals surface area contributed by atoms with Crippen LogP contribution in [0.25, 0.3) is 0 Å². The second-order valence-electron chi connectivity index (χ2n) is 9.10. The van der Waals surface area contributed by atoms with E-state index >= 15 is 0 Å². The van der Waals surface area contributed by atoms with E-state index in [9.17, 15) is 20.4 Å². The molecule has 3 fully saturated rings. The van der Waals surface area contributed by atoms with Gasteiger partial charge >= 0.3 is 0 Å². The van der Waals surface area contributed by atoms with Crippen LogP contribution in [0.2, 0.25) is 0 Å². The van der Waals surface area contributed by atoms with Crippen molar-refractivity contribution in [3.63, 3.8) is 0 Å². The molecule has 0 aromatic heterocycles. The van der Waals surface area contributed by atoms with E-state index in [-0.39, 0.29) is 28.8 Å². The van der Waals surface area contributed by atoms with E-state index < -0.39 is 18.3 Å². The highest BCUT2D eigenvalue weighted by Gasteiger charge is 2.63. The molecule has 0 amide bonds. The molecule has 23 heavy (non-hydrogen) atoms. The van der Waals surface area contributed by atoms with Crippen LogP contribution >= 0.6 is 0 Å². The maximum absolute atomic E-state index is 11.0. The van der Waals surface area contributed by atoms with Gasteiger partial charge in [-0.3, -0.25) is 0 Å². The van der Waals surface area contributed by atoms with E-state index in [0.717, 1.165) is 25.7 Å². The third-order valence-electron chi connectivity index (χ3n) is 7.98. The standard InChI is InChI=1S/C19H30O4/c1-18-6-5-11(20)7-10(18)3-4-12-13-8-14(21)17(23)19(13,2)9-15(22)16(12)18/h3,11-17,20-23H,4-9H2,1-2H3/t11-,12?,13?,14+,15-,16?,17-,18-,19-/m0/s1. The molecule has 0 spiro atoms. The van der Waals surface area contributed by atoms with E-state index in [1.54, 1.807) is 0 Å². The van der Waals surface area contributed by atoms with Crippen LogP contribution in [-0.4, -0.2) is 44.8 Å². The summed E-state index contributed by atoms with van der Waals surface area (Å²) in [5.41, 5.74) is 0.899. The Morgan fingerprint density at radius 2 is 1.83 bits per heavy atom. The molecule has 4 nitrogen and oxygen atoms in total. The molecule has 0 aromatic rings. The Bertz CT molecular complexity index is 531. The summed E-state index contributed by atoms with van der Waals surface area (Å²) in [7, 11) is 0. The minimum absolute atomic E-state index is 0.0403. The summed E-state index contributed by atoms with van der Waals surface area (Å²) >= 11 is 0. The monoisotopic (exact) mass is 322 g/mol. The molecule has 0 aliphatic heterocycles. The van der Waals surface area contributed by atoms with Crippen LogP contribution in [-0.2, 0) is 0 Å². The third-order valence-corrected chi connectivity index (χ3v) is 7.98. The minimum Gasteiger partial charge on any atom is -0.393 e. The number of allylic oxidation sites excluding steroid dienone is 1. The SMILES string of the molecule is C[C@]12CC[C@H](O)CC1=CCC1C2[C@@H](O)C[C@@]2(C)C1C[C@@H](O)[C@@H]2O. The lowest BCUT2D eigenvalue weighted by Crippen LogP contribution is -2.57. The Morgan fingerprint density at radius 1 is 1.09 bits per heavy atom. The number of aliphatic hydroxyl groups is 4. The Kier molecular flexibility index (Phi) is 3.52. The molecule has 4 aliphatic rings. The van der Waals surface area contributed by atoms with Crippen molar-refractivity contribution in [1.82, 2.24) is 0 Å². The first-order valence-corrected chi connectivity index (χ1v) is 9.19. The summed E-state index contributed by atoms with van der Waals surface area (Å²) in [5.74, 6) is 0.771. The number of hydrogen-bond donors (Lipinski definition) is 4. The highest BCUT2D eigenvalue weighted by Crippen LogP contribution is 2.64. The molecule has 4 aliphatic carbocycles. The maximum atomic E-state index is 11.0. The second-order valence-corrected chi connectivity index (χ2v) is 9.10. The van der Waals surface area contributed by atoms with Gasteiger partial charge in [-0.05, 0) is 61.7 Å². The molecule has 0 aromatic carbocycles. The highest BCUT2D eigenvalue weighted by molar-refractivity contribution is 5.27. The predicted octanol–water partition coefficient (Wildman–Crippen LogP) is 1.61. The average Bonchev–Trinajstić information content (AvgIpc) is 2.71. The first-order chi connectivity index (χ1) is 10.8. The van der Waals surface area contributed by atoms with Crippen LogP contribution in [0.15, 0.2) is 11.6 Å². The van der Waals surface area contributed by atoms with E-state index in [1.165, 1.54) is 5.57 Å². The lowest BCUT2D eigenvalue weighted by molar-refractivity contribution is -0.140. The molecule has 130 valence electrons. The molecule has 4 rings (SSSR count). The van der Waals surface area contributed by atoms with Gasteiger partial charge in [0.2, 0.25) is 0 Å². The number of fused-ring (bicyclic) bond motifs is 5. The number of hydrogen-bond acceptors (Lipinski definition) is 4. The Hall–Kier alpha value is -0.420. The minimum atomic E-state index is -0.727. The molecule has 0 saturated heterocycles.